The summed E-state index contributed by atoms with van der Waals surface area (Å²) < 4.78 is 0. The Morgan fingerprint density at radius 3 is 2.55 bits per heavy atom. The normalized spacial score (nSPS) is 16.0. The summed E-state index contributed by atoms with van der Waals surface area (Å²) in [5, 5.41) is 0. The molecule has 0 spiro atoms. The fourth-order valence-electron chi connectivity index (χ4n) is 2.72. The largest absolute Gasteiger partial charge is 0.340 e. The number of aromatic nitrogens is 2. The van der Waals surface area contributed by atoms with Gasteiger partial charge in [-0.2, -0.15) is 0 Å². The molecule has 0 amide bonds. The molecule has 1 aromatic heterocycles. The zero-order valence-corrected chi connectivity index (χ0v) is 12.5. The molecule has 0 radical (unpaired) electrons. The van der Waals surface area contributed by atoms with Crippen molar-refractivity contribution in [3.8, 4) is 11.3 Å². The van der Waals surface area contributed by atoms with Gasteiger partial charge in [0.15, 0.2) is 0 Å². The van der Waals surface area contributed by atoms with E-state index in [4.69, 9.17) is 5.73 Å². The van der Waals surface area contributed by atoms with Gasteiger partial charge in [-0.25, -0.2) is 4.98 Å². The first-order valence-electron chi connectivity index (χ1n) is 7.60. The standard InChI is InChI=1S/C16H21N5O/c17-6-7-20-8-10-21(11-9-20)16-18-14(12-15(22)19-16)13-4-2-1-3-5-13/h1-5,12H,6-11,17H2,(H,18,19,22). The van der Waals surface area contributed by atoms with Crippen molar-refractivity contribution >= 4 is 5.95 Å². The van der Waals surface area contributed by atoms with Crippen molar-refractivity contribution in [2.24, 2.45) is 5.73 Å². The minimum atomic E-state index is -0.117. The predicted octanol–water partition coefficient (Wildman–Crippen LogP) is 0.518. The van der Waals surface area contributed by atoms with Crippen LogP contribution in [0, 0.1) is 0 Å². The van der Waals surface area contributed by atoms with Crippen molar-refractivity contribution in [1.29, 1.82) is 0 Å². The molecular formula is C16H21N5O. The van der Waals surface area contributed by atoms with Gasteiger partial charge in [0.1, 0.15) is 0 Å². The highest BCUT2D eigenvalue weighted by atomic mass is 16.1. The summed E-state index contributed by atoms with van der Waals surface area (Å²) in [6.45, 7) is 5.18. The van der Waals surface area contributed by atoms with Crippen LogP contribution >= 0.6 is 0 Å². The maximum absolute atomic E-state index is 11.9. The lowest BCUT2D eigenvalue weighted by atomic mass is 10.1. The molecule has 1 fully saturated rings. The summed E-state index contributed by atoms with van der Waals surface area (Å²) in [5.41, 5.74) is 7.14. The molecule has 6 heteroatoms. The third-order valence-corrected chi connectivity index (χ3v) is 3.92. The fraction of sp³-hybridized carbons (Fsp3) is 0.375. The van der Waals surface area contributed by atoms with Crippen LogP contribution in [0.1, 0.15) is 0 Å². The van der Waals surface area contributed by atoms with Gasteiger partial charge in [0.05, 0.1) is 5.69 Å². The van der Waals surface area contributed by atoms with Crippen LogP contribution in [0.2, 0.25) is 0 Å². The zero-order valence-electron chi connectivity index (χ0n) is 12.5. The molecule has 1 aliphatic heterocycles. The molecule has 1 aromatic carbocycles. The molecule has 0 aliphatic carbocycles. The van der Waals surface area contributed by atoms with E-state index in [0.29, 0.717) is 18.2 Å². The number of nitrogens with one attached hydrogen (secondary N) is 1. The summed E-state index contributed by atoms with van der Waals surface area (Å²) in [6.07, 6.45) is 0. The van der Waals surface area contributed by atoms with Crippen molar-refractivity contribution in [3.63, 3.8) is 0 Å². The van der Waals surface area contributed by atoms with Crippen LogP contribution < -0.4 is 16.2 Å². The molecular weight excluding hydrogens is 278 g/mol. The number of H-pyrrole nitrogens is 1. The maximum Gasteiger partial charge on any atom is 0.252 e. The summed E-state index contributed by atoms with van der Waals surface area (Å²) in [7, 11) is 0. The van der Waals surface area contributed by atoms with Crippen LogP contribution in [-0.2, 0) is 0 Å². The first-order valence-corrected chi connectivity index (χ1v) is 7.60. The Kier molecular flexibility index (Phi) is 4.50. The van der Waals surface area contributed by atoms with Crippen LogP contribution in [0.4, 0.5) is 5.95 Å². The zero-order chi connectivity index (χ0) is 15.4. The van der Waals surface area contributed by atoms with Gasteiger partial charge in [0.2, 0.25) is 5.95 Å². The van der Waals surface area contributed by atoms with Crippen molar-refractivity contribution in [3.05, 3.63) is 46.8 Å². The van der Waals surface area contributed by atoms with E-state index in [1.54, 1.807) is 6.07 Å². The number of aromatic amines is 1. The maximum atomic E-state index is 11.9. The van der Waals surface area contributed by atoms with Gasteiger partial charge in [-0.1, -0.05) is 30.3 Å². The quantitative estimate of drug-likeness (QED) is 0.860. The molecule has 3 N–H and O–H groups in total. The monoisotopic (exact) mass is 299 g/mol. The second-order valence-corrected chi connectivity index (χ2v) is 5.44. The predicted molar refractivity (Wildman–Crippen MR) is 88.0 cm³/mol. The minimum absolute atomic E-state index is 0.117. The number of anilines is 1. The molecule has 1 aliphatic rings. The Morgan fingerprint density at radius 2 is 1.86 bits per heavy atom. The minimum Gasteiger partial charge on any atom is -0.340 e. The van der Waals surface area contributed by atoms with Crippen molar-refractivity contribution < 1.29 is 0 Å². The molecule has 0 saturated carbocycles. The lowest BCUT2D eigenvalue weighted by Gasteiger charge is -2.34. The Morgan fingerprint density at radius 1 is 1.14 bits per heavy atom. The Hall–Kier alpha value is -2.18. The van der Waals surface area contributed by atoms with Crippen LogP contribution in [0.15, 0.2) is 41.2 Å². The van der Waals surface area contributed by atoms with Crippen LogP contribution in [-0.4, -0.2) is 54.1 Å². The summed E-state index contributed by atoms with van der Waals surface area (Å²) in [5.74, 6) is 0.652. The molecule has 6 nitrogen and oxygen atoms in total. The molecule has 116 valence electrons. The second-order valence-electron chi connectivity index (χ2n) is 5.44. The topological polar surface area (TPSA) is 78.2 Å². The van der Waals surface area contributed by atoms with Gasteiger partial charge >= 0.3 is 0 Å². The number of rotatable bonds is 4. The lowest BCUT2D eigenvalue weighted by molar-refractivity contribution is 0.263. The first kappa shape index (κ1) is 14.7. The average Bonchev–Trinajstić information content (AvgIpc) is 2.56. The molecule has 2 aromatic rings. The van der Waals surface area contributed by atoms with Crippen LogP contribution in [0.5, 0.6) is 0 Å². The van der Waals surface area contributed by atoms with Crippen LogP contribution in [0.3, 0.4) is 0 Å². The lowest BCUT2D eigenvalue weighted by Crippen LogP contribution is -2.48. The average molecular weight is 299 g/mol. The number of nitrogens with zero attached hydrogens (tertiary/aromatic N) is 3. The van der Waals surface area contributed by atoms with Gasteiger partial charge in [0, 0.05) is 50.9 Å². The van der Waals surface area contributed by atoms with Gasteiger partial charge in [-0.05, 0) is 0 Å². The van der Waals surface area contributed by atoms with Crippen LogP contribution in [0.25, 0.3) is 11.3 Å². The molecule has 2 heterocycles. The Bertz CT molecular complexity index is 662. The first-order chi connectivity index (χ1) is 10.8. The van der Waals surface area contributed by atoms with Gasteiger partial charge in [0.25, 0.3) is 5.56 Å². The molecule has 0 atom stereocenters. The number of nitrogens with two attached hydrogens (primary N) is 1. The number of benzene rings is 1. The number of hydrogen-bond donors (Lipinski definition) is 2. The van der Waals surface area contributed by atoms with E-state index in [-0.39, 0.29) is 5.56 Å². The van der Waals surface area contributed by atoms with Gasteiger partial charge < -0.3 is 10.6 Å². The summed E-state index contributed by atoms with van der Waals surface area (Å²) in [6, 6.07) is 11.3. The third kappa shape index (κ3) is 3.35. The SMILES string of the molecule is NCCN1CCN(c2nc(-c3ccccc3)cc(=O)[nH]2)CC1. The van der Waals surface area contributed by atoms with E-state index in [1.807, 2.05) is 30.3 Å². The summed E-state index contributed by atoms with van der Waals surface area (Å²) in [4.78, 5) is 23.9. The van der Waals surface area contributed by atoms with E-state index in [9.17, 15) is 4.79 Å². The Balaban J connectivity index is 1.81. The van der Waals surface area contributed by atoms with Crippen molar-refractivity contribution in [2.45, 2.75) is 0 Å². The van der Waals surface area contributed by atoms with E-state index >= 15 is 0 Å². The van der Waals surface area contributed by atoms with Gasteiger partial charge in [-0.3, -0.25) is 14.7 Å². The van der Waals surface area contributed by atoms with E-state index in [2.05, 4.69) is 19.8 Å². The fourth-order valence-corrected chi connectivity index (χ4v) is 2.72. The summed E-state index contributed by atoms with van der Waals surface area (Å²) >= 11 is 0. The molecule has 1 saturated heterocycles. The highest BCUT2D eigenvalue weighted by Crippen LogP contribution is 2.17. The van der Waals surface area contributed by atoms with Gasteiger partial charge in [-0.15, -0.1) is 0 Å². The highest BCUT2D eigenvalue weighted by Gasteiger charge is 2.18. The van der Waals surface area contributed by atoms with Crippen molar-refractivity contribution in [1.82, 2.24) is 14.9 Å². The Labute approximate surface area is 129 Å². The highest BCUT2D eigenvalue weighted by molar-refractivity contribution is 5.59. The second kappa shape index (κ2) is 6.72. The van der Waals surface area contributed by atoms with E-state index < -0.39 is 0 Å². The number of hydrogen-bond acceptors (Lipinski definition) is 5. The third-order valence-electron chi connectivity index (χ3n) is 3.92. The van der Waals surface area contributed by atoms with E-state index in [1.165, 1.54) is 0 Å². The molecule has 22 heavy (non-hydrogen) atoms. The number of piperazine rings is 1. The molecule has 3 rings (SSSR count). The smallest absolute Gasteiger partial charge is 0.252 e. The van der Waals surface area contributed by atoms with Crippen molar-refractivity contribution in [2.75, 3.05) is 44.2 Å². The molecule has 0 bridgehead atoms. The van der Waals surface area contributed by atoms with E-state index in [0.717, 1.165) is 38.3 Å². The molecule has 0 unspecified atom stereocenters.